The summed E-state index contributed by atoms with van der Waals surface area (Å²) in [5, 5.41) is 3.08. The Bertz CT molecular complexity index is 439. The van der Waals surface area contributed by atoms with Crippen LogP contribution in [0.2, 0.25) is 0 Å². The number of nitrogens with two attached hydrogens (primary N) is 1. The molecule has 0 aromatic heterocycles. The van der Waals surface area contributed by atoms with E-state index in [-0.39, 0.29) is 0 Å². The number of guanidine groups is 1. The van der Waals surface area contributed by atoms with Crippen LogP contribution in [0.25, 0.3) is 0 Å². The summed E-state index contributed by atoms with van der Waals surface area (Å²) >= 11 is 0. The zero-order chi connectivity index (χ0) is 14.9. The minimum Gasteiger partial charge on any atom is -0.381 e. The average Bonchev–Trinajstić information content (AvgIpc) is 2.98. The fraction of sp³-hybridized carbons (Fsp3) is 0.562. The van der Waals surface area contributed by atoms with Gasteiger partial charge in [-0.05, 0) is 31.9 Å². The van der Waals surface area contributed by atoms with E-state index in [1.54, 1.807) is 0 Å². The van der Waals surface area contributed by atoms with E-state index in [0.717, 1.165) is 45.0 Å². The molecule has 1 aromatic rings. The molecule has 1 saturated heterocycles. The van der Waals surface area contributed by atoms with Crippen LogP contribution in [0.3, 0.4) is 0 Å². The number of aryl methyl sites for hydroxylation is 1. The third-order valence-corrected chi connectivity index (χ3v) is 3.43. The van der Waals surface area contributed by atoms with Crippen LogP contribution >= 0.6 is 0 Å². The second-order valence-electron chi connectivity index (χ2n) is 5.42. The first-order chi connectivity index (χ1) is 10.2. The van der Waals surface area contributed by atoms with Crippen LogP contribution in [0.4, 0.5) is 5.69 Å². The van der Waals surface area contributed by atoms with Crippen LogP contribution in [0.1, 0.15) is 18.4 Å². The van der Waals surface area contributed by atoms with Crippen molar-refractivity contribution in [1.82, 2.24) is 0 Å². The van der Waals surface area contributed by atoms with Crippen LogP contribution in [0.5, 0.6) is 0 Å². The lowest BCUT2D eigenvalue weighted by molar-refractivity contribution is 0.0893. The van der Waals surface area contributed by atoms with Crippen molar-refractivity contribution in [2.24, 2.45) is 16.6 Å². The van der Waals surface area contributed by atoms with Crippen molar-refractivity contribution < 1.29 is 9.47 Å². The molecule has 0 saturated carbocycles. The molecule has 0 bridgehead atoms. The number of nitrogens with zero attached hydrogens (tertiary/aromatic N) is 1. The minimum absolute atomic E-state index is 0.447. The predicted molar refractivity (Wildman–Crippen MR) is 85.7 cm³/mol. The Balaban J connectivity index is 1.56. The summed E-state index contributed by atoms with van der Waals surface area (Å²) in [6, 6.07) is 8.06. The van der Waals surface area contributed by atoms with Crippen molar-refractivity contribution in [2.45, 2.75) is 19.8 Å². The van der Waals surface area contributed by atoms with E-state index in [1.165, 1.54) is 5.56 Å². The standard InChI is InChI=1S/C16H25N3O2/c1-13-3-5-15(6-4-13)19-16(17)18-8-2-9-20-11-14-7-10-21-12-14/h3-6,14H,2,7-12H2,1H3,(H3,17,18,19). The van der Waals surface area contributed by atoms with E-state index in [0.29, 0.717) is 18.4 Å². The summed E-state index contributed by atoms with van der Waals surface area (Å²) in [6.07, 6.45) is 2.00. The minimum atomic E-state index is 0.447. The summed E-state index contributed by atoms with van der Waals surface area (Å²) in [4.78, 5) is 4.29. The molecule has 3 N–H and O–H groups in total. The third-order valence-electron chi connectivity index (χ3n) is 3.43. The van der Waals surface area contributed by atoms with Gasteiger partial charge in [0.15, 0.2) is 5.96 Å². The van der Waals surface area contributed by atoms with Crippen molar-refractivity contribution in [1.29, 1.82) is 0 Å². The number of hydrogen-bond acceptors (Lipinski definition) is 3. The van der Waals surface area contributed by atoms with Gasteiger partial charge in [-0.1, -0.05) is 17.7 Å². The molecule has 2 rings (SSSR count). The van der Waals surface area contributed by atoms with Gasteiger partial charge in [-0.2, -0.15) is 0 Å². The lowest BCUT2D eigenvalue weighted by atomic mass is 10.1. The number of anilines is 1. The molecule has 0 aliphatic carbocycles. The fourth-order valence-corrected chi connectivity index (χ4v) is 2.16. The largest absolute Gasteiger partial charge is 0.381 e. The van der Waals surface area contributed by atoms with Gasteiger partial charge in [-0.25, -0.2) is 0 Å². The van der Waals surface area contributed by atoms with Crippen LogP contribution in [0, 0.1) is 12.8 Å². The second-order valence-corrected chi connectivity index (χ2v) is 5.42. The van der Waals surface area contributed by atoms with Gasteiger partial charge in [0.2, 0.25) is 0 Å². The Hall–Kier alpha value is -1.59. The molecule has 0 amide bonds. The molecule has 1 fully saturated rings. The monoisotopic (exact) mass is 291 g/mol. The van der Waals surface area contributed by atoms with Gasteiger partial charge in [0, 0.05) is 31.4 Å². The molecule has 0 spiro atoms. The zero-order valence-electron chi connectivity index (χ0n) is 12.7. The number of benzene rings is 1. The van der Waals surface area contributed by atoms with Crippen molar-refractivity contribution >= 4 is 11.6 Å². The maximum Gasteiger partial charge on any atom is 0.193 e. The average molecular weight is 291 g/mol. The lowest BCUT2D eigenvalue weighted by Gasteiger charge is -2.08. The first-order valence-corrected chi connectivity index (χ1v) is 7.53. The van der Waals surface area contributed by atoms with Crippen molar-refractivity contribution in [3.63, 3.8) is 0 Å². The van der Waals surface area contributed by atoms with Crippen LogP contribution < -0.4 is 11.1 Å². The molecule has 1 aliphatic heterocycles. The molecular weight excluding hydrogens is 266 g/mol. The zero-order valence-corrected chi connectivity index (χ0v) is 12.7. The molecule has 1 aliphatic rings. The molecule has 0 radical (unpaired) electrons. The first kappa shape index (κ1) is 15.8. The Labute approximate surface area is 126 Å². The fourth-order valence-electron chi connectivity index (χ4n) is 2.16. The van der Waals surface area contributed by atoms with E-state index in [9.17, 15) is 0 Å². The van der Waals surface area contributed by atoms with E-state index in [2.05, 4.69) is 17.2 Å². The summed E-state index contributed by atoms with van der Waals surface area (Å²) in [7, 11) is 0. The summed E-state index contributed by atoms with van der Waals surface area (Å²) in [6.45, 7) is 5.95. The Morgan fingerprint density at radius 2 is 2.24 bits per heavy atom. The van der Waals surface area contributed by atoms with Gasteiger partial charge in [0.1, 0.15) is 0 Å². The highest BCUT2D eigenvalue weighted by atomic mass is 16.5. The summed E-state index contributed by atoms with van der Waals surface area (Å²) in [5.41, 5.74) is 8.02. The highest BCUT2D eigenvalue weighted by Gasteiger charge is 2.14. The van der Waals surface area contributed by atoms with E-state index in [1.807, 2.05) is 24.3 Å². The number of rotatable bonds is 7. The maximum absolute atomic E-state index is 5.84. The van der Waals surface area contributed by atoms with Crippen molar-refractivity contribution in [2.75, 3.05) is 38.3 Å². The Morgan fingerprint density at radius 3 is 2.95 bits per heavy atom. The van der Waals surface area contributed by atoms with Crippen molar-refractivity contribution in [3.05, 3.63) is 29.8 Å². The topological polar surface area (TPSA) is 68.9 Å². The third kappa shape index (κ3) is 6.14. The van der Waals surface area contributed by atoms with E-state index >= 15 is 0 Å². The smallest absolute Gasteiger partial charge is 0.193 e. The molecule has 1 atom stereocenters. The number of nitrogens with one attached hydrogen (secondary N) is 1. The number of ether oxygens (including phenoxy) is 2. The predicted octanol–water partition coefficient (Wildman–Crippen LogP) is 2.16. The molecular formula is C16H25N3O2. The molecule has 116 valence electrons. The van der Waals surface area contributed by atoms with E-state index < -0.39 is 0 Å². The van der Waals surface area contributed by atoms with Gasteiger partial charge in [0.25, 0.3) is 0 Å². The van der Waals surface area contributed by atoms with Crippen LogP contribution in [0.15, 0.2) is 29.3 Å². The summed E-state index contributed by atoms with van der Waals surface area (Å²) in [5.74, 6) is 1.02. The molecule has 1 aromatic carbocycles. The number of hydrogen-bond donors (Lipinski definition) is 2. The molecule has 5 nitrogen and oxygen atoms in total. The highest BCUT2D eigenvalue weighted by molar-refractivity contribution is 5.92. The summed E-state index contributed by atoms with van der Waals surface area (Å²) < 4.78 is 10.9. The van der Waals surface area contributed by atoms with Gasteiger partial charge in [-0.3, -0.25) is 4.99 Å². The van der Waals surface area contributed by atoms with Gasteiger partial charge < -0.3 is 20.5 Å². The van der Waals surface area contributed by atoms with Gasteiger partial charge in [-0.15, -0.1) is 0 Å². The van der Waals surface area contributed by atoms with Crippen molar-refractivity contribution in [3.8, 4) is 0 Å². The highest BCUT2D eigenvalue weighted by Crippen LogP contribution is 2.12. The SMILES string of the molecule is Cc1ccc(NC(N)=NCCCOCC2CCOC2)cc1. The Kier molecular flexibility index (Phi) is 6.50. The molecule has 21 heavy (non-hydrogen) atoms. The lowest BCUT2D eigenvalue weighted by Crippen LogP contribution is -2.23. The Morgan fingerprint density at radius 1 is 1.43 bits per heavy atom. The molecule has 1 heterocycles. The second kappa shape index (κ2) is 8.64. The number of aliphatic imine (C=N–C) groups is 1. The molecule has 5 heteroatoms. The van der Waals surface area contributed by atoms with Crippen LogP contribution in [-0.4, -0.2) is 38.9 Å². The van der Waals surface area contributed by atoms with Gasteiger partial charge in [0.05, 0.1) is 13.2 Å². The quantitative estimate of drug-likeness (QED) is 0.459. The normalized spacial score (nSPS) is 18.9. The van der Waals surface area contributed by atoms with Gasteiger partial charge >= 0.3 is 0 Å². The maximum atomic E-state index is 5.84. The first-order valence-electron chi connectivity index (χ1n) is 7.53. The van der Waals surface area contributed by atoms with E-state index in [4.69, 9.17) is 15.2 Å². The van der Waals surface area contributed by atoms with Crippen LogP contribution in [-0.2, 0) is 9.47 Å². The molecule has 1 unspecified atom stereocenters.